The van der Waals surface area contributed by atoms with E-state index in [4.69, 9.17) is 13.9 Å². The summed E-state index contributed by atoms with van der Waals surface area (Å²) in [6.07, 6.45) is 0.655. The van der Waals surface area contributed by atoms with Gasteiger partial charge in [0.2, 0.25) is 11.8 Å². The molecule has 162 valence electrons. The minimum atomic E-state index is -0.544. The molecular formula is C19H19N5O6S. The van der Waals surface area contributed by atoms with Gasteiger partial charge in [-0.05, 0) is 25.5 Å². The molecule has 11 nitrogen and oxygen atoms in total. The minimum absolute atomic E-state index is 0.0781. The van der Waals surface area contributed by atoms with E-state index in [1.165, 1.54) is 0 Å². The van der Waals surface area contributed by atoms with Gasteiger partial charge in [0, 0.05) is 29.4 Å². The van der Waals surface area contributed by atoms with Crippen molar-refractivity contribution in [3.63, 3.8) is 0 Å². The van der Waals surface area contributed by atoms with Gasteiger partial charge in [0.1, 0.15) is 13.2 Å². The molecule has 0 fully saturated rings. The van der Waals surface area contributed by atoms with Crippen LogP contribution in [0.2, 0.25) is 0 Å². The highest BCUT2D eigenvalue weighted by Gasteiger charge is 2.15. The summed E-state index contributed by atoms with van der Waals surface area (Å²) in [6, 6.07) is 5.19. The fourth-order valence-corrected chi connectivity index (χ4v) is 3.58. The van der Waals surface area contributed by atoms with Crippen LogP contribution in [0.1, 0.15) is 17.1 Å². The zero-order valence-electron chi connectivity index (χ0n) is 16.5. The van der Waals surface area contributed by atoms with Crippen molar-refractivity contribution in [1.82, 2.24) is 20.2 Å². The Kier molecular flexibility index (Phi) is 6.07. The number of benzene rings is 1. The first kappa shape index (κ1) is 20.7. The molecule has 0 radical (unpaired) electrons. The number of aromatic nitrogens is 4. The van der Waals surface area contributed by atoms with Crippen LogP contribution in [0.25, 0.3) is 0 Å². The molecule has 4 rings (SSSR count). The summed E-state index contributed by atoms with van der Waals surface area (Å²) in [5.41, 5.74) is 0.565. The van der Waals surface area contributed by atoms with E-state index < -0.39 is 11.2 Å². The first-order valence-corrected chi connectivity index (χ1v) is 10.4. The van der Waals surface area contributed by atoms with Gasteiger partial charge in [0.15, 0.2) is 11.5 Å². The molecule has 0 aliphatic carbocycles. The molecule has 0 atom stereocenters. The van der Waals surface area contributed by atoms with Crippen LogP contribution in [0.3, 0.4) is 0 Å². The van der Waals surface area contributed by atoms with Crippen molar-refractivity contribution in [2.45, 2.75) is 25.0 Å². The van der Waals surface area contributed by atoms with Gasteiger partial charge in [-0.3, -0.25) is 14.6 Å². The van der Waals surface area contributed by atoms with Crippen molar-refractivity contribution in [2.75, 3.05) is 24.3 Å². The third-order valence-electron chi connectivity index (χ3n) is 4.44. The highest BCUT2D eigenvalue weighted by molar-refractivity contribution is 7.99. The number of aryl methyl sites for hydroxylation is 2. The molecule has 0 bridgehead atoms. The number of fused-ring (bicyclic) bond motifs is 1. The van der Waals surface area contributed by atoms with Gasteiger partial charge in [-0.25, -0.2) is 4.79 Å². The number of carbonyl (C=O) groups excluding carboxylic acids is 1. The normalized spacial score (nSPS) is 12.5. The minimum Gasteiger partial charge on any atom is -0.486 e. The fraction of sp³-hybridized carbons (Fsp3) is 0.316. The molecule has 1 aromatic carbocycles. The van der Waals surface area contributed by atoms with Gasteiger partial charge in [0.05, 0.1) is 5.75 Å². The maximum atomic E-state index is 12.2. The zero-order chi connectivity index (χ0) is 21.8. The summed E-state index contributed by atoms with van der Waals surface area (Å²) in [4.78, 5) is 40.1. The van der Waals surface area contributed by atoms with E-state index in [2.05, 4.69) is 25.5 Å². The summed E-state index contributed by atoms with van der Waals surface area (Å²) >= 11 is 1.10. The molecule has 2 aromatic heterocycles. The maximum absolute atomic E-state index is 12.2. The predicted molar refractivity (Wildman–Crippen MR) is 111 cm³/mol. The lowest BCUT2D eigenvalue weighted by atomic mass is 10.1. The number of anilines is 1. The molecule has 1 aliphatic rings. The van der Waals surface area contributed by atoms with Gasteiger partial charge in [-0.15, -0.1) is 10.2 Å². The summed E-state index contributed by atoms with van der Waals surface area (Å²) in [5, 5.41) is 10.9. The molecule has 0 unspecified atom stereocenters. The Hall–Kier alpha value is -3.54. The molecule has 1 amide bonds. The first-order valence-electron chi connectivity index (χ1n) is 9.44. The summed E-state index contributed by atoms with van der Waals surface area (Å²) in [6.45, 7) is 2.62. The van der Waals surface area contributed by atoms with E-state index in [0.29, 0.717) is 60.4 Å². The van der Waals surface area contributed by atoms with Crippen LogP contribution in [0.15, 0.2) is 37.4 Å². The Balaban J connectivity index is 1.29. The number of hydrogen-bond acceptors (Lipinski definition) is 9. The number of carbonyl (C=O) groups is 1. The average molecular weight is 445 g/mol. The van der Waals surface area contributed by atoms with Crippen LogP contribution in [0.5, 0.6) is 11.5 Å². The predicted octanol–water partition coefficient (Wildman–Crippen LogP) is 1.04. The van der Waals surface area contributed by atoms with E-state index in [9.17, 15) is 14.4 Å². The number of amides is 1. The lowest BCUT2D eigenvalue weighted by molar-refractivity contribution is -0.113. The molecule has 3 aromatic rings. The number of ether oxygens (including phenoxy) is 2. The first-order chi connectivity index (χ1) is 15.0. The van der Waals surface area contributed by atoms with E-state index in [-0.39, 0.29) is 16.9 Å². The number of thioether (sulfide) groups is 1. The monoisotopic (exact) mass is 445 g/mol. The Morgan fingerprint density at radius 2 is 1.94 bits per heavy atom. The zero-order valence-corrected chi connectivity index (χ0v) is 17.3. The highest BCUT2D eigenvalue weighted by Crippen LogP contribution is 2.32. The van der Waals surface area contributed by atoms with E-state index in [0.717, 1.165) is 11.8 Å². The highest BCUT2D eigenvalue weighted by atomic mass is 32.2. The number of hydrogen-bond donors (Lipinski definition) is 3. The molecule has 0 saturated carbocycles. The standard InChI is InChI=1S/C19H19N5O6S/c1-10-12(17(26)22-18(27)20-10)3-5-16-23-24-19(30-16)31-9-15(25)21-11-2-4-13-14(8-11)29-7-6-28-13/h2,4,8H,3,5-7,9H2,1H3,(H,21,25)(H2,20,22,26,27). The van der Waals surface area contributed by atoms with E-state index in [1.807, 2.05) is 0 Å². The molecule has 3 N–H and O–H groups in total. The van der Waals surface area contributed by atoms with Crippen molar-refractivity contribution in [3.8, 4) is 11.5 Å². The van der Waals surface area contributed by atoms with Crippen LogP contribution in [0, 0.1) is 6.92 Å². The van der Waals surface area contributed by atoms with Crippen LogP contribution in [-0.4, -0.2) is 45.0 Å². The summed E-state index contributed by atoms with van der Waals surface area (Å²) in [5.74, 6) is 1.41. The van der Waals surface area contributed by atoms with Crippen molar-refractivity contribution in [1.29, 1.82) is 0 Å². The lowest BCUT2D eigenvalue weighted by Crippen LogP contribution is -2.27. The molecule has 0 saturated heterocycles. The number of rotatable bonds is 7. The van der Waals surface area contributed by atoms with E-state index >= 15 is 0 Å². The third-order valence-corrected chi connectivity index (χ3v) is 5.26. The Labute approximate surface area is 179 Å². The van der Waals surface area contributed by atoms with Gasteiger partial charge in [0.25, 0.3) is 10.8 Å². The van der Waals surface area contributed by atoms with Crippen molar-refractivity contribution in [3.05, 3.63) is 56.2 Å². The fourth-order valence-electron chi connectivity index (χ4n) is 3.00. The third kappa shape index (κ3) is 5.15. The SMILES string of the molecule is Cc1[nH]c(=O)[nH]c(=O)c1CCc1nnc(SCC(=O)Nc2ccc3c(c2)OCCO3)o1. The number of nitrogens with one attached hydrogen (secondary N) is 3. The lowest BCUT2D eigenvalue weighted by Gasteiger charge is -2.18. The molecular weight excluding hydrogens is 426 g/mol. The topological polar surface area (TPSA) is 152 Å². The average Bonchev–Trinajstić information content (AvgIpc) is 3.19. The van der Waals surface area contributed by atoms with Gasteiger partial charge >= 0.3 is 5.69 Å². The number of aromatic amines is 2. The second-order valence-electron chi connectivity index (χ2n) is 6.67. The number of nitrogens with zero attached hydrogens (tertiary/aromatic N) is 2. The van der Waals surface area contributed by atoms with Gasteiger partial charge < -0.3 is 24.2 Å². The van der Waals surface area contributed by atoms with Crippen LogP contribution < -0.4 is 26.0 Å². The van der Waals surface area contributed by atoms with Crippen molar-refractivity contribution < 1.29 is 18.7 Å². The Morgan fingerprint density at radius 1 is 1.13 bits per heavy atom. The smallest absolute Gasteiger partial charge is 0.325 e. The maximum Gasteiger partial charge on any atom is 0.325 e. The second kappa shape index (κ2) is 9.08. The molecule has 12 heteroatoms. The van der Waals surface area contributed by atoms with Crippen LogP contribution in [0.4, 0.5) is 5.69 Å². The molecule has 1 aliphatic heterocycles. The van der Waals surface area contributed by atoms with Crippen LogP contribution >= 0.6 is 11.8 Å². The van der Waals surface area contributed by atoms with Crippen molar-refractivity contribution >= 4 is 23.4 Å². The number of H-pyrrole nitrogens is 2. The molecule has 0 spiro atoms. The summed E-state index contributed by atoms with van der Waals surface area (Å²) < 4.78 is 16.5. The molecule has 3 heterocycles. The van der Waals surface area contributed by atoms with Gasteiger partial charge in [-0.2, -0.15) is 0 Å². The quantitative estimate of drug-likeness (QED) is 0.453. The molecule has 31 heavy (non-hydrogen) atoms. The van der Waals surface area contributed by atoms with E-state index in [1.54, 1.807) is 25.1 Å². The van der Waals surface area contributed by atoms with Crippen molar-refractivity contribution in [2.24, 2.45) is 0 Å². The Bertz CT molecular complexity index is 1220. The largest absolute Gasteiger partial charge is 0.486 e. The Morgan fingerprint density at radius 3 is 2.74 bits per heavy atom. The van der Waals surface area contributed by atoms with Crippen LogP contribution in [-0.2, 0) is 17.6 Å². The second-order valence-corrected chi connectivity index (χ2v) is 7.60. The summed E-state index contributed by atoms with van der Waals surface area (Å²) in [7, 11) is 0. The van der Waals surface area contributed by atoms with Gasteiger partial charge in [-0.1, -0.05) is 11.8 Å².